The Kier molecular flexibility index (Phi) is 3.08. The fraction of sp³-hybridized carbons (Fsp3) is 0.529. The van der Waals surface area contributed by atoms with Gasteiger partial charge in [0.15, 0.2) is 0 Å². The molecule has 2 bridgehead atoms. The highest BCUT2D eigenvalue weighted by molar-refractivity contribution is 6.03. The molecule has 4 heteroatoms. The van der Waals surface area contributed by atoms with Crippen LogP contribution in [0.15, 0.2) is 30.3 Å². The molecular weight excluding hydrogens is 264 g/mol. The summed E-state index contributed by atoms with van der Waals surface area (Å²) in [7, 11) is 0. The molecule has 1 heterocycles. The van der Waals surface area contributed by atoms with Gasteiger partial charge in [-0.1, -0.05) is 39.0 Å². The molecule has 0 spiro atoms. The van der Waals surface area contributed by atoms with Crippen LogP contribution in [0.4, 0.5) is 5.69 Å². The molecule has 112 valence electrons. The normalized spacial score (nSPS) is 30.6. The van der Waals surface area contributed by atoms with E-state index >= 15 is 0 Å². The molecule has 4 nitrogen and oxygen atoms in total. The van der Waals surface area contributed by atoms with Crippen molar-refractivity contribution in [1.82, 2.24) is 4.90 Å². The van der Waals surface area contributed by atoms with Crippen LogP contribution in [0.2, 0.25) is 0 Å². The summed E-state index contributed by atoms with van der Waals surface area (Å²) in [5, 5.41) is 3.17. The van der Waals surface area contributed by atoms with Gasteiger partial charge in [0, 0.05) is 11.6 Å². The molecule has 2 atom stereocenters. The van der Waals surface area contributed by atoms with Gasteiger partial charge in [-0.05, 0) is 30.4 Å². The molecule has 3 rings (SSSR count). The Labute approximate surface area is 125 Å². The van der Waals surface area contributed by atoms with Crippen LogP contribution < -0.4 is 5.32 Å². The average molecular weight is 286 g/mol. The lowest BCUT2D eigenvalue weighted by Crippen LogP contribution is -2.59. The Bertz CT molecular complexity index is 582. The van der Waals surface area contributed by atoms with E-state index in [-0.39, 0.29) is 29.8 Å². The lowest BCUT2D eigenvalue weighted by molar-refractivity contribution is -0.167. The topological polar surface area (TPSA) is 49.4 Å². The highest BCUT2D eigenvalue weighted by Crippen LogP contribution is 2.59. The monoisotopic (exact) mass is 286 g/mol. The van der Waals surface area contributed by atoms with Crippen LogP contribution in [0.3, 0.4) is 0 Å². The standard InChI is InChI=1S/C17H22N2O2/c1-16(2)13-9-10-17(16,3)15(21)19(14(13)20)11-18-12-7-5-4-6-8-12/h4-8,13,18H,9-11H2,1-3H3/t13-,17+/m1/s1. The second-order valence-electron chi connectivity index (χ2n) is 6.92. The minimum absolute atomic E-state index is 0.0246. The summed E-state index contributed by atoms with van der Waals surface area (Å²) >= 11 is 0. The summed E-state index contributed by atoms with van der Waals surface area (Å²) < 4.78 is 0. The SMILES string of the molecule is CC1(C)[C@@H]2CC[C@@]1(C)C(=O)N(CNc1ccccc1)C2=O. The van der Waals surface area contributed by atoms with Crippen molar-refractivity contribution in [2.45, 2.75) is 33.6 Å². The van der Waals surface area contributed by atoms with Crippen molar-refractivity contribution < 1.29 is 9.59 Å². The number of carbonyl (C=O) groups is 2. The molecule has 1 saturated carbocycles. The maximum atomic E-state index is 12.8. The first kappa shape index (κ1) is 14.1. The molecule has 1 aliphatic carbocycles. The van der Waals surface area contributed by atoms with Crippen LogP contribution in [0.1, 0.15) is 33.6 Å². The van der Waals surface area contributed by atoms with E-state index in [2.05, 4.69) is 19.2 Å². The maximum Gasteiger partial charge on any atom is 0.237 e. The number of piperidine rings is 1. The van der Waals surface area contributed by atoms with Crippen LogP contribution in [0.5, 0.6) is 0 Å². The van der Waals surface area contributed by atoms with Gasteiger partial charge < -0.3 is 5.32 Å². The van der Waals surface area contributed by atoms with E-state index in [9.17, 15) is 9.59 Å². The highest BCUT2D eigenvalue weighted by atomic mass is 16.2. The Morgan fingerprint density at radius 2 is 1.86 bits per heavy atom. The highest BCUT2D eigenvalue weighted by Gasteiger charge is 2.64. The van der Waals surface area contributed by atoms with E-state index in [0.29, 0.717) is 0 Å². The molecule has 2 amide bonds. The van der Waals surface area contributed by atoms with Crippen molar-refractivity contribution in [3.8, 4) is 0 Å². The molecule has 0 aromatic heterocycles. The molecule has 1 N–H and O–H groups in total. The Balaban J connectivity index is 1.81. The zero-order valence-corrected chi connectivity index (χ0v) is 12.8. The van der Waals surface area contributed by atoms with Gasteiger partial charge in [-0.25, -0.2) is 0 Å². The van der Waals surface area contributed by atoms with E-state index in [1.54, 1.807) is 0 Å². The molecule has 2 aliphatic rings. The summed E-state index contributed by atoms with van der Waals surface area (Å²) in [6.45, 7) is 6.38. The smallest absolute Gasteiger partial charge is 0.237 e. The van der Waals surface area contributed by atoms with Crippen molar-refractivity contribution in [1.29, 1.82) is 0 Å². The second kappa shape index (κ2) is 4.58. The first-order valence-electron chi connectivity index (χ1n) is 7.53. The quantitative estimate of drug-likeness (QED) is 0.869. The number of nitrogens with one attached hydrogen (secondary N) is 1. The first-order valence-corrected chi connectivity index (χ1v) is 7.53. The van der Waals surface area contributed by atoms with Crippen molar-refractivity contribution in [3.05, 3.63) is 30.3 Å². The number of imide groups is 1. The van der Waals surface area contributed by atoms with Gasteiger partial charge >= 0.3 is 0 Å². The zero-order valence-electron chi connectivity index (χ0n) is 12.8. The lowest BCUT2D eigenvalue weighted by Gasteiger charge is -2.47. The molecule has 1 aromatic rings. The number of nitrogens with zero attached hydrogens (tertiary/aromatic N) is 1. The number of hydrogen-bond acceptors (Lipinski definition) is 3. The predicted octanol–water partition coefficient (Wildman–Crippen LogP) is 2.87. The second-order valence-corrected chi connectivity index (χ2v) is 6.92. The van der Waals surface area contributed by atoms with Gasteiger partial charge in [0.2, 0.25) is 11.8 Å². The molecule has 2 fully saturated rings. The van der Waals surface area contributed by atoms with Gasteiger partial charge in [0.1, 0.15) is 0 Å². The van der Waals surface area contributed by atoms with Gasteiger partial charge in [0.05, 0.1) is 12.1 Å². The lowest BCUT2D eigenvalue weighted by atomic mass is 9.62. The minimum Gasteiger partial charge on any atom is -0.367 e. The average Bonchev–Trinajstić information content (AvgIpc) is 2.65. The largest absolute Gasteiger partial charge is 0.367 e. The summed E-state index contributed by atoms with van der Waals surface area (Å²) in [5.74, 6) is -0.101. The molecule has 1 aliphatic heterocycles. The molecule has 1 saturated heterocycles. The van der Waals surface area contributed by atoms with Crippen molar-refractivity contribution in [2.75, 3.05) is 12.0 Å². The minimum atomic E-state index is -0.427. The van der Waals surface area contributed by atoms with E-state index in [4.69, 9.17) is 0 Å². The maximum absolute atomic E-state index is 12.8. The number of anilines is 1. The van der Waals surface area contributed by atoms with Crippen LogP contribution in [-0.4, -0.2) is 23.4 Å². The number of benzene rings is 1. The Hall–Kier alpha value is -1.84. The third-order valence-electron chi connectivity index (χ3n) is 5.72. The van der Waals surface area contributed by atoms with Crippen molar-refractivity contribution in [2.24, 2.45) is 16.7 Å². The third kappa shape index (κ3) is 1.88. The van der Waals surface area contributed by atoms with Crippen molar-refractivity contribution in [3.63, 3.8) is 0 Å². The molecule has 0 radical (unpaired) electrons. The van der Waals surface area contributed by atoms with E-state index in [0.717, 1.165) is 18.5 Å². The van der Waals surface area contributed by atoms with Crippen LogP contribution in [-0.2, 0) is 9.59 Å². The first-order chi connectivity index (χ1) is 9.88. The van der Waals surface area contributed by atoms with Crippen LogP contribution >= 0.6 is 0 Å². The van der Waals surface area contributed by atoms with Gasteiger partial charge in [-0.15, -0.1) is 0 Å². The fourth-order valence-corrected chi connectivity index (χ4v) is 3.78. The number of fused-ring (bicyclic) bond motifs is 2. The molecular formula is C17H22N2O2. The number of hydrogen-bond donors (Lipinski definition) is 1. The number of likely N-dealkylation sites (tertiary alicyclic amines) is 1. The zero-order chi connectivity index (χ0) is 15.3. The summed E-state index contributed by atoms with van der Waals surface area (Å²) in [6.07, 6.45) is 1.62. The van der Waals surface area contributed by atoms with Crippen molar-refractivity contribution >= 4 is 17.5 Å². The molecule has 0 unspecified atom stereocenters. The van der Waals surface area contributed by atoms with Gasteiger partial charge in [-0.2, -0.15) is 0 Å². The third-order valence-corrected chi connectivity index (χ3v) is 5.72. The van der Waals surface area contributed by atoms with E-state index in [1.165, 1.54) is 4.90 Å². The Morgan fingerprint density at radius 3 is 2.52 bits per heavy atom. The van der Waals surface area contributed by atoms with Gasteiger partial charge in [-0.3, -0.25) is 14.5 Å². The molecule has 21 heavy (non-hydrogen) atoms. The Morgan fingerprint density at radius 1 is 1.19 bits per heavy atom. The summed E-state index contributed by atoms with van der Waals surface area (Å²) in [6, 6.07) is 9.65. The van der Waals surface area contributed by atoms with Gasteiger partial charge in [0.25, 0.3) is 0 Å². The summed E-state index contributed by atoms with van der Waals surface area (Å²) in [5.41, 5.74) is 0.245. The van der Waals surface area contributed by atoms with Crippen LogP contribution in [0.25, 0.3) is 0 Å². The summed E-state index contributed by atoms with van der Waals surface area (Å²) in [4.78, 5) is 26.9. The number of amides is 2. The van der Waals surface area contributed by atoms with E-state index < -0.39 is 5.41 Å². The van der Waals surface area contributed by atoms with E-state index in [1.807, 2.05) is 37.3 Å². The number of carbonyl (C=O) groups excluding carboxylic acids is 2. The predicted molar refractivity (Wildman–Crippen MR) is 81.4 cm³/mol. The number of rotatable bonds is 3. The molecule has 1 aromatic carbocycles. The fourth-order valence-electron chi connectivity index (χ4n) is 3.78. The number of para-hydroxylation sites is 1. The van der Waals surface area contributed by atoms with Crippen LogP contribution in [0, 0.1) is 16.7 Å².